The lowest BCUT2D eigenvalue weighted by molar-refractivity contribution is 0.0946. The molecule has 7 heteroatoms. The van der Waals surface area contributed by atoms with Crippen molar-refractivity contribution in [3.8, 4) is 5.75 Å². The summed E-state index contributed by atoms with van der Waals surface area (Å²) in [5.41, 5.74) is -0.433. The second-order valence-corrected chi connectivity index (χ2v) is 6.13. The molecule has 1 rings (SSSR count). The fraction of sp³-hybridized carbons (Fsp3) is 0.364. The van der Waals surface area contributed by atoms with E-state index >= 15 is 0 Å². The molecule has 0 fully saturated rings. The van der Waals surface area contributed by atoms with E-state index in [-0.39, 0.29) is 18.7 Å². The Kier molecular flexibility index (Phi) is 4.66. The SMILES string of the molecule is CS(=O)(=O)CCCNC(=O)c1c(O)cccc1F. The minimum Gasteiger partial charge on any atom is -0.507 e. The van der Waals surface area contributed by atoms with Gasteiger partial charge in [-0.2, -0.15) is 0 Å². The molecule has 0 spiro atoms. The Balaban J connectivity index is 2.56. The first-order valence-electron chi connectivity index (χ1n) is 5.24. The van der Waals surface area contributed by atoms with Crippen LogP contribution in [0.5, 0.6) is 5.75 Å². The minimum absolute atomic E-state index is 0.0590. The molecule has 0 unspecified atom stereocenters. The van der Waals surface area contributed by atoms with Crippen LogP contribution in [0.3, 0.4) is 0 Å². The Bertz CT molecular complexity index is 522. The maximum Gasteiger partial charge on any atom is 0.258 e. The number of carbonyl (C=O) groups excluding carboxylic acids is 1. The molecule has 1 aromatic carbocycles. The summed E-state index contributed by atoms with van der Waals surface area (Å²) in [4.78, 5) is 11.6. The zero-order valence-electron chi connectivity index (χ0n) is 9.81. The van der Waals surface area contributed by atoms with Gasteiger partial charge in [0.15, 0.2) is 0 Å². The number of nitrogens with one attached hydrogen (secondary N) is 1. The predicted molar refractivity (Wildman–Crippen MR) is 64.7 cm³/mol. The second-order valence-electron chi connectivity index (χ2n) is 3.87. The van der Waals surface area contributed by atoms with Crippen molar-refractivity contribution in [2.45, 2.75) is 6.42 Å². The number of benzene rings is 1. The summed E-state index contributed by atoms with van der Waals surface area (Å²) in [6.45, 7) is 0.0969. The third-order valence-corrected chi connectivity index (χ3v) is 3.23. The van der Waals surface area contributed by atoms with Gasteiger partial charge < -0.3 is 10.4 Å². The van der Waals surface area contributed by atoms with Crippen LogP contribution in [0.25, 0.3) is 0 Å². The topological polar surface area (TPSA) is 83.5 Å². The van der Waals surface area contributed by atoms with Crippen LogP contribution in [0.1, 0.15) is 16.8 Å². The third-order valence-electron chi connectivity index (χ3n) is 2.20. The highest BCUT2D eigenvalue weighted by molar-refractivity contribution is 7.90. The number of halogens is 1. The van der Waals surface area contributed by atoms with Crippen molar-refractivity contribution in [1.82, 2.24) is 5.32 Å². The number of amides is 1. The molecule has 100 valence electrons. The molecule has 0 atom stereocenters. The molecule has 0 aromatic heterocycles. The van der Waals surface area contributed by atoms with E-state index < -0.39 is 32.9 Å². The van der Waals surface area contributed by atoms with E-state index in [4.69, 9.17) is 0 Å². The summed E-state index contributed by atoms with van der Waals surface area (Å²) < 4.78 is 35.0. The molecule has 0 saturated heterocycles. The third kappa shape index (κ3) is 4.33. The molecule has 0 bridgehead atoms. The zero-order chi connectivity index (χ0) is 13.8. The van der Waals surface area contributed by atoms with Crippen LogP contribution >= 0.6 is 0 Å². The van der Waals surface area contributed by atoms with E-state index in [0.29, 0.717) is 0 Å². The van der Waals surface area contributed by atoms with Crippen molar-refractivity contribution < 1.29 is 22.7 Å². The van der Waals surface area contributed by atoms with Crippen molar-refractivity contribution in [3.05, 3.63) is 29.6 Å². The van der Waals surface area contributed by atoms with Crippen molar-refractivity contribution in [2.24, 2.45) is 0 Å². The van der Waals surface area contributed by atoms with Crippen LogP contribution < -0.4 is 5.32 Å². The first kappa shape index (κ1) is 14.4. The predicted octanol–water partition coefficient (Wildman–Crippen LogP) is 0.696. The van der Waals surface area contributed by atoms with E-state index in [1.165, 1.54) is 12.1 Å². The van der Waals surface area contributed by atoms with Gasteiger partial charge in [0, 0.05) is 12.8 Å². The van der Waals surface area contributed by atoms with E-state index in [9.17, 15) is 22.7 Å². The highest BCUT2D eigenvalue weighted by Crippen LogP contribution is 2.19. The average molecular weight is 275 g/mol. The molecule has 0 aliphatic heterocycles. The van der Waals surface area contributed by atoms with Crippen molar-refractivity contribution in [2.75, 3.05) is 18.6 Å². The standard InChI is InChI=1S/C11H14FNO4S/c1-18(16,17)7-3-6-13-11(15)10-8(12)4-2-5-9(10)14/h2,4-5,14H,3,6-7H2,1H3,(H,13,15). The summed E-state index contributed by atoms with van der Waals surface area (Å²) >= 11 is 0. The molecule has 2 N–H and O–H groups in total. The number of carbonyl (C=O) groups is 1. The number of aromatic hydroxyl groups is 1. The van der Waals surface area contributed by atoms with Crippen LogP contribution in [0.15, 0.2) is 18.2 Å². The van der Waals surface area contributed by atoms with Crippen molar-refractivity contribution in [3.63, 3.8) is 0 Å². The minimum atomic E-state index is -3.08. The van der Waals surface area contributed by atoms with Gasteiger partial charge in [0.05, 0.1) is 5.75 Å². The van der Waals surface area contributed by atoms with Gasteiger partial charge in [0.2, 0.25) is 0 Å². The molecule has 18 heavy (non-hydrogen) atoms. The van der Waals surface area contributed by atoms with E-state index in [2.05, 4.69) is 5.32 Å². The van der Waals surface area contributed by atoms with E-state index in [1.807, 2.05) is 0 Å². The normalized spacial score (nSPS) is 11.2. The highest BCUT2D eigenvalue weighted by Gasteiger charge is 2.15. The van der Waals surface area contributed by atoms with Gasteiger partial charge in [-0.25, -0.2) is 12.8 Å². The number of hydrogen-bond donors (Lipinski definition) is 2. The van der Waals surface area contributed by atoms with E-state index in [0.717, 1.165) is 12.3 Å². The molecule has 5 nitrogen and oxygen atoms in total. The monoisotopic (exact) mass is 275 g/mol. The lowest BCUT2D eigenvalue weighted by Gasteiger charge is -2.07. The van der Waals surface area contributed by atoms with Crippen molar-refractivity contribution >= 4 is 15.7 Å². The van der Waals surface area contributed by atoms with E-state index in [1.54, 1.807) is 0 Å². The van der Waals surface area contributed by atoms with Crippen LogP contribution in [-0.4, -0.2) is 38.0 Å². The van der Waals surface area contributed by atoms with Gasteiger partial charge in [-0.1, -0.05) is 6.07 Å². The molecule has 1 amide bonds. The molecule has 0 aliphatic rings. The highest BCUT2D eigenvalue weighted by atomic mass is 32.2. The lowest BCUT2D eigenvalue weighted by Crippen LogP contribution is -2.26. The Morgan fingerprint density at radius 3 is 2.67 bits per heavy atom. The second kappa shape index (κ2) is 5.81. The molecule has 0 heterocycles. The first-order valence-corrected chi connectivity index (χ1v) is 7.31. The first-order chi connectivity index (χ1) is 8.31. The van der Waals surface area contributed by atoms with Gasteiger partial charge in [-0.3, -0.25) is 4.79 Å². The number of rotatable bonds is 5. The Hall–Kier alpha value is -1.63. The number of phenolic OH excluding ortho intramolecular Hbond substituents is 1. The van der Waals surface area contributed by atoms with Gasteiger partial charge in [-0.15, -0.1) is 0 Å². The smallest absolute Gasteiger partial charge is 0.258 e. The lowest BCUT2D eigenvalue weighted by atomic mass is 10.1. The molecule has 0 saturated carbocycles. The Morgan fingerprint density at radius 2 is 2.11 bits per heavy atom. The molecule has 1 aromatic rings. The van der Waals surface area contributed by atoms with Gasteiger partial charge in [0.1, 0.15) is 27.0 Å². The maximum absolute atomic E-state index is 13.3. The summed E-state index contributed by atoms with van der Waals surface area (Å²) in [6, 6.07) is 3.55. The average Bonchev–Trinajstić information content (AvgIpc) is 2.23. The molecular weight excluding hydrogens is 261 g/mol. The Labute approximate surface area is 105 Å². The Morgan fingerprint density at radius 1 is 1.44 bits per heavy atom. The van der Waals surface area contributed by atoms with Crippen LogP contribution in [0.2, 0.25) is 0 Å². The van der Waals surface area contributed by atoms with Crippen LogP contribution in [-0.2, 0) is 9.84 Å². The molecular formula is C11H14FNO4S. The maximum atomic E-state index is 13.3. The van der Waals surface area contributed by atoms with Crippen LogP contribution in [0, 0.1) is 5.82 Å². The van der Waals surface area contributed by atoms with Crippen LogP contribution in [0.4, 0.5) is 4.39 Å². The summed E-state index contributed by atoms with van der Waals surface area (Å²) in [7, 11) is -3.08. The summed E-state index contributed by atoms with van der Waals surface area (Å²) in [6.07, 6.45) is 1.33. The number of hydrogen-bond acceptors (Lipinski definition) is 4. The largest absolute Gasteiger partial charge is 0.507 e. The fourth-order valence-electron chi connectivity index (χ4n) is 1.36. The van der Waals surface area contributed by atoms with Crippen molar-refractivity contribution in [1.29, 1.82) is 0 Å². The summed E-state index contributed by atoms with van der Waals surface area (Å²) in [5, 5.41) is 11.7. The fourth-order valence-corrected chi connectivity index (χ4v) is 2.03. The van der Waals surface area contributed by atoms with Gasteiger partial charge in [0.25, 0.3) is 5.91 Å². The quantitative estimate of drug-likeness (QED) is 0.775. The number of phenols is 1. The van der Waals surface area contributed by atoms with Gasteiger partial charge in [-0.05, 0) is 18.6 Å². The summed E-state index contributed by atoms with van der Waals surface area (Å²) in [5.74, 6) is -2.10. The zero-order valence-corrected chi connectivity index (χ0v) is 10.6. The molecule has 0 aliphatic carbocycles. The van der Waals surface area contributed by atoms with Gasteiger partial charge >= 0.3 is 0 Å². The number of sulfone groups is 1. The molecule has 0 radical (unpaired) electrons.